The van der Waals surface area contributed by atoms with Gasteiger partial charge >= 0.3 is 0 Å². The Balaban J connectivity index is 1.14. The molecule has 3 N–H and O–H groups in total. The molecule has 3 aliphatic rings. The van der Waals surface area contributed by atoms with Crippen molar-refractivity contribution in [3.05, 3.63) is 41.7 Å². The molecule has 172 valence electrons. The van der Waals surface area contributed by atoms with Crippen molar-refractivity contribution in [1.82, 2.24) is 20.5 Å². The van der Waals surface area contributed by atoms with Crippen LogP contribution in [-0.4, -0.2) is 45.1 Å². The summed E-state index contributed by atoms with van der Waals surface area (Å²) in [4.78, 5) is 12.6. The van der Waals surface area contributed by atoms with Gasteiger partial charge in [0.15, 0.2) is 11.5 Å². The highest BCUT2D eigenvalue weighted by Gasteiger charge is 2.34. The molecular weight excluding hydrogens is 436 g/mol. The van der Waals surface area contributed by atoms with Crippen molar-refractivity contribution in [2.75, 3.05) is 26.4 Å². The first-order valence-corrected chi connectivity index (χ1v) is 12.2. The van der Waals surface area contributed by atoms with Crippen LogP contribution in [0.25, 0.3) is 0 Å². The van der Waals surface area contributed by atoms with Gasteiger partial charge in [-0.1, -0.05) is 6.07 Å². The Morgan fingerprint density at radius 2 is 1.91 bits per heavy atom. The van der Waals surface area contributed by atoms with Crippen LogP contribution in [0.15, 0.2) is 39.8 Å². The number of hydrazine groups is 1. The van der Waals surface area contributed by atoms with Gasteiger partial charge in [0.25, 0.3) is 10.0 Å². The summed E-state index contributed by atoms with van der Waals surface area (Å²) in [6.45, 7) is 1.96. The van der Waals surface area contributed by atoms with Gasteiger partial charge in [0, 0.05) is 32.1 Å². The number of piperidine rings is 1. The number of benzene rings is 1. The Kier molecular flexibility index (Phi) is 5.80. The lowest BCUT2D eigenvalue weighted by Gasteiger charge is -2.29. The number of hydrogen-bond donors (Lipinski definition) is 3. The summed E-state index contributed by atoms with van der Waals surface area (Å²) in [6.07, 6.45) is 1.77. The molecule has 5 rings (SSSR count). The third-order valence-corrected chi connectivity index (χ3v) is 7.88. The first-order chi connectivity index (χ1) is 15.5. The number of nitrogens with zero attached hydrogens (tertiary/aromatic N) is 1. The quantitative estimate of drug-likeness (QED) is 0.587. The molecular formula is C21H26N4O6S. The molecule has 4 heterocycles. The minimum absolute atomic E-state index is 0.0295. The minimum atomic E-state index is -3.72. The Morgan fingerprint density at radius 1 is 1.09 bits per heavy atom. The van der Waals surface area contributed by atoms with E-state index in [1.807, 2.05) is 18.2 Å². The number of fused-ring (bicyclic) bond motifs is 1. The number of carbonyl (C=O) groups excluding carboxylic acids is 1. The van der Waals surface area contributed by atoms with Gasteiger partial charge in [-0.15, -0.1) is 0 Å². The lowest BCUT2D eigenvalue weighted by molar-refractivity contribution is -0.126. The Morgan fingerprint density at radius 3 is 2.69 bits per heavy atom. The van der Waals surface area contributed by atoms with Gasteiger partial charge in [-0.25, -0.2) is 13.8 Å². The van der Waals surface area contributed by atoms with Crippen LogP contribution in [0.1, 0.15) is 36.6 Å². The van der Waals surface area contributed by atoms with Crippen molar-refractivity contribution < 1.29 is 27.1 Å². The molecule has 0 spiro atoms. The maximum absolute atomic E-state index is 13.0. The van der Waals surface area contributed by atoms with E-state index in [-0.39, 0.29) is 42.8 Å². The maximum Gasteiger partial charge on any atom is 0.276 e. The van der Waals surface area contributed by atoms with Gasteiger partial charge in [-0.3, -0.25) is 10.2 Å². The molecule has 1 amide bonds. The van der Waals surface area contributed by atoms with Crippen LogP contribution in [0.5, 0.6) is 11.5 Å². The van der Waals surface area contributed by atoms with Crippen molar-refractivity contribution in [2.24, 2.45) is 5.92 Å². The van der Waals surface area contributed by atoms with E-state index in [0.29, 0.717) is 36.6 Å². The van der Waals surface area contributed by atoms with Crippen molar-refractivity contribution in [2.45, 2.75) is 36.9 Å². The number of sulfonamides is 1. The lowest BCUT2D eigenvalue weighted by Crippen LogP contribution is -2.42. The van der Waals surface area contributed by atoms with Crippen molar-refractivity contribution in [3.8, 4) is 11.5 Å². The highest BCUT2D eigenvalue weighted by molar-refractivity contribution is 7.89. The molecule has 1 atom stereocenters. The second kappa shape index (κ2) is 8.74. The van der Waals surface area contributed by atoms with Crippen LogP contribution < -0.4 is 25.6 Å². The molecule has 32 heavy (non-hydrogen) atoms. The van der Waals surface area contributed by atoms with Gasteiger partial charge in [0.05, 0.1) is 6.04 Å². The fraction of sp³-hybridized carbons (Fsp3) is 0.476. The standard InChI is InChI=1S/C21H26N4O6S/c26-21(22-12-14-1-2-18-19(11-14)30-13-29-18)15-6-9-25(10-7-15)32(27,28)20-4-3-17(31-20)16-5-8-23-24-16/h1-4,11,15-16,23-24H,5-10,12-13H2,(H,22,26). The Labute approximate surface area is 186 Å². The van der Waals surface area contributed by atoms with Crippen molar-refractivity contribution in [1.29, 1.82) is 0 Å². The first-order valence-electron chi connectivity index (χ1n) is 10.8. The molecule has 1 aromatic heterocycles. The molecule has 2 saturated heterocycles. The van der Waals surface area contributed by atoms with Gasteiger partial charge in [0.2, 0.25) is 17.8 Å². The largest absolute Gasteiger partial charge is 0.454 e. The lowest BCUT2D eigenvalue weighted by atomic mass is 9.97. The van der Waals surface area contributed by atoms with Crippen LogP contribution in [0.2, 0.25) is 0 Å². The van der Waals surface area contributed by atoms with Crippen LogP contribution in [0.3, 0.4) is 0 Å². The number of ether oxygens (including phenoxy) is 2. The maximum atomic E-state index is 13.0. The average Bonchev–Trinajstić information content (AvgIpc) is 3.58. The molecule has 1 unspecified atom stereocenters. The molecule has 0 bridgehead atoms. The molecule has 10 nitrogen and oxygen atoms in total. The summed E-state index contributed by atoms with van der Waals surface area (Å²) in [5, 5.41) is 2.90. The summed E-state index contributed by atoms with van der Waals surface area (Å²) in [5.74, 6) is 1.69. The second-order valence-corrected chi connectivity index (χ2v) is 10.0. The molecule has 2 aromatic rings. The average molecular weight is 463 g/mol. The SMILES string of the molecule is O=C(NCc1ccc2c(c1)OCO2)C1CCN(S(=O)(=O)c2ccc(C3CCNN3)o2)CC1. The van der Waals surface area contributed by atoms with E-state index in [0.717, 1.165) is 18.5 Å². The van der Waals surface area contributed by atoms with E-state index in [1.54, 1.807) is 6.07 Å². The summed E-state index contributed by atoms with van der Waals surface area (Å²) < 4.78 is 43.6. The minimum Gasteiger partial charge on any atom is -0.454 e. The molecule has 2 fully saturated rings. The Hall–Kier alpha value is -2.60. The van der Waals surface area contributed by atoms with Crippen molar-refractivity contribution >= 4 is 15.9 Å². The number of furan rings is 1. The third kappa shape index (κ3) is 4.20. The van der Waals surface area contributed by atoms with Gasteiger partial charge in [0.1, 0.15) is 5.76 Å². The zero-order valence-corrected chi connectivity index (χ0v) is 18.3. The predicted octanol–water partition coefficient (Wildman–Crippen LogP) is 1.26. The van der Waals surface area contributed by atoms with Crippen LogP contribution in [0, 0.1) is 5.92 Å². The number of amides is 1. The molecule has 3 aliphatic heterocycles. The number of nitrogens with one attached hydrogen (secondary N) is 3. The monoisotopic (exact) mass is 462 g/mol. The van der Waals surface area contributed by atoms with E-state index >= 15 is 0 Å². The highest BCUT2D eigenvalue weighted by atomic mass is 32.2. The normalized spacial score (nSPS) is 21.7. The van der Waals surface area contributed by atoms with E-state index < -0.39 is 10.0 Å². The molecule has 1 aromatic carbocycles. The van der Waals surface area contributed by atoms with Crippen LogP contribution in [0.4, 0.5) is 0 Å². The number of hydrogen-bond acceptors (Lipinski definition) is 8. The van der Waals surface area contributed by atoms with Crippen molar-refractivity contribution in [3.63, 3.8) is 0 Å². The number of carbonyl (C=O) groups is 1. The fourth-order valence-electron chi connectivity index (χ4n) is 4.23. The summed E-state index contributed by atoms with van der Waals surface area (Å²) >= 11 is 0. The molecule has 0 aliphatic carbocycles. The molecule has 0 radical (unpaired) electrons. The smallest absolute Gasteiger partial charge is 0.276 e. The highest BCUT2D eigenvalue weighted by Crippen LogP contribution is 2.32. The van der Waals surface area contributed by atoms with Crippen LogP contribution >= 0.6 is 0 Å². The van der Waals surface area contributed by atoms with E-state index in [2.05, 4.69) is 16.2 Å². The summed E-state index contributed by atoms with van der Waals surface area (Å²) in [6, 6.07) is 8.75. The number of rotatable bonds is 6. The second-order valence-electron chi connectivity index (χ2n) is 8.15. The summed E-state index contributed by atoms with van der Waals surface area (Å²) in [7, 11) is -3.72. The van der Waals surface area contributed by atoms with Gasteiger partial charge in [-0.05, 0) is 49.1 Å². The first kappa shape index (κ1) is 21.3. The molecule has 0 saturated carbocycles. The fourth-order valence-corrected chi connectivity index (χ4v) is 5.62. The van der Waals surface area contributed by atoms with Gasteiger partial charge < -0.3 is 19.2 Å². The zero-order valence-electron chi connectivity index (χ0n) is 17.5. The van der Waals surface area contributed by atoms with E-state index in [4.69, 9.17) is 13.9 Å². The Bertz CT molecular complexity index is 1090. The zero-order chi connectivity index (χ0) is 22.1. The van der Waals surface area contributed by atoms with Crippen LogP contribution in [-0.2, 0) is 21.4 Å². The van der Waals surface area contributed by atoms with E-state index in [9.17, 15) is 13.2 Å². The summed E-state index contributed by atoms with van der Waals surface area (Å²) in [5.41, 5.74) is 6.99. The molecule has 11 heteroatoms. The third-order valence-electron chi connectivity index (χ3n) is 6.10. The van der Waals surface area contributed by atoms with E-state index in [1.165, 1.54) is 10.4 Å². The van der Waals surface area contributed by atoms with Gasteiger partial charge in [-0.2, -0.15) is 4.31 Å². The predicted molar refractivity (Wildman–Crippen MR) is 113 cm³/mol. The topological polar surface area (TPSA) is 122 Å².